The molecular formula is C22H37N9O2. The Kier molecular flexibility index (Phi) is 7.54. The zero-order valence-electron chi connectivity index (χ0n) is 19.2. The number of likely N-dealkylation sites (tertiary alicyclic amines) is 1. The predicted molar refractivity (Wildman–Crippen MR) is 125 cm³/mol. The lowest BCUT2D eigenvalue weighted by Crippen LogP contribution is -2.76. The molecule has 0 bridgehead atoms. The Hall–Kier alpha value is -2.02. The Bertz CT molecular complexity index is 768. The summed E-state index contributed by atoms with van der Waals surface area (Å²) in [6.45, 7) is 8.57. The van der Waals surface area contributed by atoms with E-state index in [2.05, 4.69) is 46.9 Å². The van der Waals surface area contributed by atoms with Gasteiger partial charge in [-0.3, -0.25) is 30.7 Å². The minimum absolute atomic E-state index is 0.0123. The average Bonchev–Trinajstić information content (AvgIpc) is 2.86. The number of carbonyl (C=O) groups excluding carboxylic acids is 1. The summed E-state index contributed by atoms with van der Waals surface area (Å²) in [5, 5.41) is 14.1. The van der Waals surface area contributed by atoms with Gasteiger partial charge in [0.15, 0.2) is 0 Å². The number of hydrogen-bond acceptors (Lipinski definition) is 10. The molecular weight excluding hydrogens is 422 g/mol. The number of hydrogen-bond donors (Lipinski definition) is 6. The van der Waals surface area contributed by atoms with E-state index in [1.54, 1.807) is 6.20 Å². The van der Waals surface area contributed by atoms with E-state index in [-0.39, 0.29) is 30.3 Å². The van der Waals surface area contributed by atoms with Gasteiger partial charge in [-0.25, -0.2) is 10.4 Å². The van der Waals surface area contributed by atoms with Crippen molar-refractivity contribution in [1.29, 1.82) is 0 Å². The van der Waals surface area contributed by atoms with Crippen molar-refractivity contribution in [3.8, 4) is 5.88 Å². The molecule has 4 atom stereocenters. The molecule has 11 heteroatoms. The largest absolute Gasteiger partial charge is 0.476 e. The number of fused-ring (bicyclic) bond motifs is 1. The first kappa shape index (κ1) is 22.8. The summed E-state index contributed by atoms with van der Waals surface area (Å²) >= 11 is 0. The van der Waals surface area contributed by atoms with E-state index in [0.29, 0.717) is 19.0 Å². The van der Waals surface area contributed by atoms with Crippen molar-refractivity contribution in [3.05, 3.63) is 18.3 Å². The van der Waals surface area contributed by atoms with E-state index in [0.717, 1.165) is 51.5 Å². The molecule has 4 aliphatic rings. The van der Waals surface area contributed by atoms with Crippen LogP contribution in [0.5, 0.6) is 5.88 Å². The zero-order chi connectivity index (χ0) is 22.5. The van der Waals surface area contributed by atoms with Crippen molar-refractivity contribution < 1.29 is 9.53 Å². The smallest absolute Gasteiger partial charge is 0.242 e. The Balaban J connectivity index is 1.19. The van der Waals surface area contributed by atoms with Gasteiger partial charge in [-0.15, -0.1) is 0 Å². The van der Waals surface area contributed by atoms with Gasteiger partial charge in [-0.05, 0) is 18.9 Å². The number of amides is 1. The van der Waals surface area contributed by atoms with Gasteiger partial charge in [-0.1, -0.05) is 6.42 Å². The Labute approximate surface area is 195 Å². The molecule has 1 amide bonds. The normalized spacial score (nSPS) is 31.5. The summed E-state index contributed by atoms with van der Waals surface area (Å²) in [7, 11) is 0. The van der Waals surface area contributed by atoms with Crippen LogP contribution in [0.2, 0.25) is 0 Å². The molecule has 0 radical (unpaired) electrons. The van der Waals surface area contributed by atoms with Gasteiger partial charge in [0.1, 0.15) is 12.9 Å². The third-order valence-electron chi connectivity index (χ3n) is 7.02. The molecule has 11 nitrogen and oxygen atoms in total. The fraction of sp³-hybridized carbons (Fsp3) is 0.727. The maximum atomic E-state index is 12.7. The number of piperidine rings is 1. The molecule has 0 aromatic carbocycles. The second-order valence-corrected chi connectivity index (χ2v) is 9.28. The molecule has 6 N–H and O–H groups in total. The van der Waals surface area contributed by atoms with E-state index in [1.165, 1.54) is 19.3 Å². The second-order valence-electron chi connectivity index (χ2n) is 9.28. The summed E-state index contributed by atoms with van der Waals surface area (Å²) < 4.78 is 5.85. The van der Waals surface area contributed by atoms with Gasteiger partial charge in [0, 0.05) is 64.5 Å². The molecule has 1 aromatic rings. The van der Waals surface area contributed by atoms with Crippen molar-refractivity contribution in [1.82, 2.24) is 41.6 Å². The zero-order valence-corrected chi connectivity index (χ0v) is 19.2. The van der Waals surface area contributed by atoms with Gasteiger partial charge in [0.05, 0.1) is 24.0 Å². The van der Waals surface area contributed by atoms with Crippen LogP contribution in [0, 0.1) is 5.92 Å². The summed E-state index contributed by atoms with van der Waals surface area (Å²) in [6.07, 6.45) is 5.34. The predicted octanol–water partition coefficient (Wildman–Crippen LogP) is -1.31. The number of nitrogens with zero attached hydrogens (tertiary/aromatic N) is 3. The highest BCUT2D eigenvalue weighted by molar-refractivity contribution is 5.81. The number of rotatable bonds is 7. The summed E-state index contributed by atoms with van der Waals surface area (Å²) in [4.78, 5) is 22.0. The Morgan fingerprint density at radius 1 is 1.09 bits per heavy atom. The van der Waals surface area contributed by atoms with Crippen molar-refractivity contribution in [2.24, 2.45) is 5.92 Å². The van der Waals surface area contributed by atoms with E-state index in [1.807, 2.05) is 12.1 Å². The van der Waals surface area contributed by atoms with Crippen molar-refractivity contribution in [2.45, 2.75) is 37.8 Å². The Morgan fingerprint density at radius 2 is 1.94 bits per heavy atom. The highest BCUT2D eigenvalue weighted by atomic mass is 16.5. The van der Waals surface area contributed by atoms with Gasteiger partial charge >= 0.3 is 0 Å². The van der Waals surface area contributed by atoms with Crippen molar-refractivity contribution >= 4 is 11.6 Å². The molecule has 5 rings (SSSR count). The molecule has 33 heavy (non-hydrogen) atoms. The summed E-state index contributed by atoms with van der Waals surface area (Å²) in [5.41, 5.74) is 6.67. The van der Waals surface area contributed by atoms with Crippen LogP contribution in [0.4, 0.5) is 5.69 Å². The fourth-order valence-electron chi connectivity index (χ4n) is 5.18. The number of aromatic nitrogens is 1. The van der Waals surface area contributed by atoms with Gasteiger partial charge in [-0.2, -0.15) is 0 Å². The van der Waals surface area contributed by atoms with Gasteiger partial charge in [0.25, 0.3) is 0 Å². The highest BCUT2D eigenvalue weighted by Crippen LogP contribution is 2.23. The number of ether oxygens (including phenoxy) is 1. The average molecular weight is 460 g/mol. The second kappa shape index (κ2) is 10.9. The molecule has 4 fully saturated rings. The number of nitrogens with one attached hydrogen (secondary N) is 6. The molecule has 4 unspecified atom stereocenters. The third kappa shape index (κ3) is 5.73. The van der Waals surface area contributed by atoms with Crippen LogP contribution in [-0.2, 0) is 4.79 Å². The fourth-order valence-corrected chi connectivity index (χ4v) is 5.18. The summed E-state index contributed by atoms with van der Waals surface area (Å²) in [5.74, 6) is 0.376. The van der Waals surface area contributed by atoms with E-state index >= 15 is 0 Å². The van der Waals surface area contributed by atoms with Crippen LogP contribution in [0.15, 0.2) is 18.3 Å². The monoisotopic (exact) mass is 459 g/mol. The van der Waals surface area contributed by atoms with E-state index in [9.17, 15) is 4.79 Å². The molecule has 4 saturated heterocycles. The molecule has 0 saturated carbocycles. The van der Waals surface area contributed by atoms with Crippen LogP contribution in [-0.4, -0.2) is 98.2 Å². The number of pyridine rings is 1. The van der Waals surface area contributed by atoms with Gasteiger partial charge < -0.3 is 15.4 Å². The lowest BCUT2D eigenvalue weighted by Gasteiger charge is -2.49. The first-order valence-corrected chi connectivity index (χ1v) is 12.3. The molecule has 182 valence electrons. The lowest BCUT2D eigenvalue weighted by atomic mass is 9.91. The molecule has 4 aliphatic heterocycles. The third-order valence-corrected chi connectivity index (χ3v) is 7.02. The number of anilines is 1. The topological polar surface area (TPSA) is 118 Å². The van der Waals surface area contributed by atoms with Gasteiger partial charge in [0.2, 0.25) is 11.8 Å². The highest BCUT2D eigenvalue weighted by Gasteiger charge is 2.45. The van der Waals surface area contributed by atoms with E-state index in [4.69, 9.17) is 4.74 Å². The number of carbonyl (C=O) groups is 1. The number of piperazine rings is 1. The minimum atomic E-state index is -0.234. The van der Waals surface area contributed by atoms with Crippen molar-refractivity contribution in [2.75, 3.05) is 64.3 Å². The first-order valence-electron chi connectivity index (χ1n) is 12.3. The maximum Gasteiger partial charge on any atom is 0.242 e. The van der Waals surface area contributed by atoms with Crippen LogP contribution < -0.4 is 36.9 Å². The molecule has 5 heterocycles. The SMILES string of the molecule is O=C1NNCC2NC(N3CCCCC3)NC(Nc3ccc(OCCN4CCNCC4)nc3)C12. The van der Waals surface area contributed by atoms with E-state index < -0.39 is 0 Å². The summed E-state index contributed by atoms with van der Waals surface area (Å²) in [6, 6.07) is 3.91. The van der Waals surface area contributed by atoms with Crippen LogP contribution in [0.3, 0.4) is 0 Å². The van der Waals surface area contributed by atoms with Crippen LogP contribution >= 0.6 is 0 Å². The number of hydrazine groups is 1. The Morgan fingerprint density at radius 3 is 2.73 bits per heavy atom. The van der Waals surface area contributed by atoms with Crippen molar-refractivity contribution in [3.63, 3.8) is 0 Å². The molecule has 1 aromatic heterocycles. The molecule has 0 spiro atoms. The first-order chi connectivity index (χ1) is 16.3. The standard InChI is InChI=1S/C22H37N9O2/c32-21-19-17(15-25-29-21)27-22(31-8-2-1-3-9-31)28-20(19)26-16-4-5-18(24-14-16)33-13-12-30-10-6-23-7-11-30/h4-5,14,17,19-20,22-23,25-28H,1-3,6-13,15H2,(H,29,32). The minimum Gasteiger partial charge on any atom is -0.476 e. The maximum absolute atomic E-state index is 12.7. The van der Waals surface area contributed by atoms with Crippen LogP contribution in [0.25, 0.3) is 0 Å². The quantitative estimate of drug-likeness (QED) is 0.293. The molecule has 0 aliphatic carbocycles. The van der Waals surface area contributed by atoms with Crippen LogP contribution in [0.1, 0.15) is 19.3 Å². The lowest BCUT2D eigenvalue weighted by molar-refractivity contribution is -0.132.